The fourth-order valence-electron chi connectivity index (χ4n) is 3.55. The quantitative estimate of drug-likeness (QED) is 0.501. The number of aromatic amines is 1. The van der Waals surface area contributed by atoms with E-state index in [1.54, 1.807) is 12.4 Å². The van der Waals surface area contributed by atoms with Crippen LogP contribution in [-0.4, -0.2) is 34.5 Å². The lowest BCUT2D eigenvalue weighted by Gasteiger charge is -2.01. The largest absolute Gasteiger partial charge is 0.335 e. The first-order valence-electron chi connectivity index (χ1n) is 9.60. The maximum Gasteiger partial charge on any atom is 0.176 e. The molecule has 4 heterocycles. The van der Waals surface area contributed by atoms with Crippen LogP contribution in [0.15, 0.2) is 61.1 Å². The maximum atomic E-state index is 4.87. The number of pyridine rings is 1. The molecule has 144 valence electrons. The van der Waals surface area contributed by atoms with Gasteiger partial charge in [0.2, 0.25) is 0 Å². The molecule has 0 atom stereocenters. The first kappa shape index (κ1) is 17.4. The van der Waals surface area contributed by atoms with E-state index in [1.807, 2.05) is 65.1 Å². The molecule has 0 saturated heterocycles. The second-order valence-electron chi connectivity index (χ2n) is 7.35. The summed E-state index contributed by atoms with van der Waals surface area (Å²) in [6, 6.07) is 14.0. The van der Waals surface area contributed by atoms with Gasteiger partial charge in [0.15, 0.2) is 5.65 Å². The monoisotopic (exact) mass is 383 g/mol. The number of rotatable bonds is 4. The topological polar surface area (TPSA) is 77.2 Å². The van der Waals surface area contributed by atoms with E-state index >= 15 is 0 Å². The Morgan fingerprint density at radius 1 is 0.966 bits per heavy atom. The van der Waals surface area contributed by atoms with Gasteiger partial charge in [-0.05, 0) is 30.2 Å². The summed E-state index contributed by atoms with van der Waals surface area (Å²) in [7, 11) is 1.93. The Labute approximate surface area is 168 Å². The second-order valence-corrected chi connectivity index (χ2v) is 7.35. The standard InChI is InChI=1S/C22H21N7/c1-14(2)18-20-22(28(3)26-18)25-21(24-20)17-13-29(16-7-5-4-6-8-16)27-19(17)15-9-11-23-12-10-15/h4-14H,1-3H3,(H,24,25). The number of nitrogens with zero attached hydrogens (tertiary/aromatic N) is 6. The van der Waals surface area contributed by atoms with Crippen molar-refractivity contribution < 1.29 is 0 Å². The summed E-state index contributed by atoms with van der Waals surface area (Å²) < 4.78 is 3.72. The van der Waals surface area contributed by atoms with Crippen LogP contribution >= 0.6 is 0 Å². The van der Waals surface area contributed by atoms with Crippen molar-refractivity contribution in [3.63, 3.8) is 0 Å². The summed E-state index contributed by atoms with van der Waals surface area (Å²) in [4.78, 5) is 12.5. The van der Waals surface area contributed by atoms with E-state index in [2.05, 4.69) is 28.9 Å². The molecule has 7 heteroatoms. The molecule has 1 N–H and O–H groups in total. The Morgan fingerprint density at radius 2 is 1.72 bits per heavy atom. The lowest BCUT2D eigenvalue weighted by molar-refractivity contribution is 0.722. The molecule has 7 nitrogen and oxygen atoms in total. The van der Waals surface area contributed by atoms with E-state index in [1.165, 1.54) is 0 Å². The number of H-pyrrole nitrogens is 1. The van der Waals surface area contributed by atoms with E-state index in [-0.39, 0.29) is 0 Å². The maximum absolute atomic E-state index is 4.87. The van der Waals surface area contributed by atoms with Crippen molar-refractivity contribution in [1.82, 2.24) is 34.5 Å². The number of aryl methyl sites for hydroxylation is 1. The van der Waals surface area contributed by atoms with Gasteiger partial charge in [0.25, 0.3) is 0 Å². The van der Waals surface area contributed by atoms with Crippen LogP contribution in [0, 0.1) is 0 Å². The normalized spacial score (nSPS) is 11.6. The number of para-hydroxylation sites is 1. The molecule has 0 radical (unpaired) electrons. The molecule has 5 aromatic rings. The molecular formula is C22H21N7. The predicted molar refractivity (Wildman–Crippen MR) is 113 cm³/mol. The van der Waals surface area contributed by atoms with E-state index < -0.39 is 0 Å². The van der Waals surface area contributed by atoms with Crippen LogP contribution in [0.4, 0.5) is 0 Å². The molecule has 1 aromatic carbocycles. The molecule has 0 unspecified atom stereocenters. The van der Waals surface area contributed by atoms with Crippen molar-refractivity contribution in [1.29, 1.82) is 0 Å². The van der Waals surface area contributed by atoms with Crippen molar-refractivity contribution in [2.24, 2.45) is 7.05 Å². The predicted octanol–water partition coefficient (Wildman–Crippen LogP) is 4.33. The summed E-state index contributed by atoms with van der Waals surface area (Å²) in [5.41, 5.74) is 6.62. The second kappa shape index (κ2) is 6.70. The summed E-state index contributed by atoms with van der Waals surface area (Å²) in [5.74, 6) is 1.09. The summed E-state index contributed by atoms with van der Waals surface area (Å²) >= 11 is 0. The van der Waals surface area contributed by atoms with E-state index in [4.69, 9.17) is 10.1 Å². The third kappa shape index (κ3) is 2.91. The zero-order chi connectivity index (χ0) is 20.0. The molecular weight excluding hydrogens is 362 g/mol. The number of hydrogen-bond acceptors (Lipinski definition) is 4. The SMILES string of the molecule is CC(C)c1nn(C)c2nc(-c3cn(-c4ccccc4)nc3-c3ccncc3)[nH]c12. The summed E-state index contributed by atoms with van der Waals surface area (Å²) in [6.07, 6.45) is 5.57. The average Bonchev–Trinajstić information content (AvgIpc) is 3.44. The Bertz CT molecular complexity index is 1280. The highest BCUT2D eigenvalue weighted by Gasteiger charge is 2.21. The summed E-state index contributed by atoms with van der Waals surface area (Å²) in [5, 5.41) is 9.48. The highest BCUT2D eigenvalue weighted by atomic mass is 15.3. The van der Waals surface area contributed by atoms with Gasteiger partial charge in [-0.1, -0.05) is 32.0 Å². The number of nitrogens with one attached hydrogen (secondary N) is 1. The summed E-state index contributed by atoms with van der Waals surface area (Å²) in [6.45, 7) is 4.27. The van der Waals surface area contributed by atoms with Gasteiger partial charge >= 0.3 is 0 Å². The number of fused-ring (bicyclic) bond motifs is 1. The third-order valence-electron chi connectivity index (χ3n) is 5.00. The van der Waals surface area contributed by atoms with Gasteiger partial charge < -0.3 is 4.98 Å². The van der Waals surface area contributed by atoms with Crippen LogP contribution in [0.25, 0.3) is 39.5 Å². The van der Waals surface area contributed by atoms with Crippen molar-refractivity contribution >= 4 is 11.2 Å². The van der Waals surface area contributed by atoms with Gasteiger partial charge in [-0.2, -0.15) is 10.2 Å². The van der Waals surface area contributed by atoms with Gasteiger partial charge in [-0.25, -0.2) is 14.3 Å². The zero-order valence-electron chi connectivity index (χ0n) is 16.5. The van der Waals surface area contributed by atoms with Crippen LogP contribution in [-0.2, 0) is 7.05 Å². The number of hydrogen-bond donors (Lipinski definition) is 1. The van der Waals surface area contributed by atoms with Gasteiger partial charge in [0, 0.05) is 31.2 Å². The molecule has 0 amide bonds. The fourth-order valence-corrected chi connectivity index (χ4v) is 3.55. The highest BCUT2D eigenvalue weighted by Crippen LogP contribution is 2.33. The molecule has 0 aliphatic heterocycles. The minimum absolute atomic E-state index is 0.304. The molecule has 29 heavy (non-hydrogen) atoms. The van der Waals surface area contributed by atoms with Gasteiger partial charge in [-0.3, -0.25) is 4.98 Å². The first-order valence-corrected chi connectivity index (χ1v) is 9.60. The van der Waals surface area contributed by atoms with Crippen LogP contribution in [0.1, 0.15) is 25.5 Å². The molecule has 4 aromatic heterocycles. The Balaban J connectivity index is 1.73. The number of imidazole rings is 1. The third-order valence-corrected chi connectivity index (χ3v) is 5.00. The van der Waals surface area contributed by atoms with Crippen LogP contribution in [0.5, 0.6) is 0 Å². The molecule has 0 spiro atoms. The van der Waals surface area contributed by atoms with Crippen LogP contribution in [0.3, 0.4) is 0 Å². The van der Waals surface area contributed by atoms with Crippen molar-refractivity contribution in [3.05, 3.63) is 66.7 Å². The number of aromatic nitrogens is 7. The fraction of sp³-hybridized carbons (Fsp3) is 0.182. The average molecular weight is 383 g/mol. The van der Waals surface area contributed by atoms with Gasteiger partial charge in [0.1, 0.15) is 17.0 Å². The Hall–Kier alpha value is -3.74. The van der Waals surface area contributed by atoms with Crippen molar-refractivity contribution in [2.45, 2.75) is 19.8 Å². The minimum atomic E-state index is 0.304. The molecule has 0 saturated carbocycles. The first-order chi connectivity index (χ1) is 14.1. The molecule has 0 bridgehead atoms. The van der Waals surface area contributed by atoms with Gasteiger partial charge in [-0.15, -0.1) is 0 Å². The highest BCUT2D eigenvalue weighted by molar-refractivity contribution is 5.84. The van der Waals surface area contributed by atoms with Gasteiger partial charge in [0.05, 0.1) is 16.9 Å². The lowest BCUT2D eigenvalue weighted by atomic mass is 10.1. The van der Waals surface area contributed by atoms with Crippen molar-refractivity contribution in [3.8, 4) is 28.3 Å². The molecule has 0 aliphatic rings. The van der Waals surface area contributed by atoms with Crippen molar-refractivity contribution in [2.75, 3.05) is 0 Å². The number of benzene rings is 1. The van der Waals surface area contributed by atoms with E-state index in [0.717, 1.165) is 45.2 Å². The minimum Gasteiger partial charge on any atom is -0.335 e. The van der Waals surface area contributed by atoms with E-state index in [0.29, 0.717) is 5.92 Å². The van der Waals surface area contributed by atoms with Crippen LogP contribution in [0.2, 0.25) is 0 Å². The Morgan fingerprint density at radius 3 is 2.45 bits per heavy atom. The smallest absolute Gasteiger partial charge is 0.176 e. The molecule has 0 fully saturated rings. The van der Waals surface area contributed by atoms with Crippen LogP contribution < -0.4 is 0 Å². The molecule has 0 aliphatic carbocycles. The van der Waals surface area contributed by atoms with E-state index in [9.17, 15) is 0 Å². The molecule has 5 rings (SSSR count). The zero-order valence-corrected chi connectivity index (χ0v) is 16.5. The Kier molecular flexibility index (Phi) is 4.01. The lowest BCUT2D eigenvalue weighted by Crippen LogP contribution is -1.95.